The Morgan fingerprint density at radius 1 is 0.608 bits per heavy atom. The van der Waals surface area contributed by atoms with Crippen LogP contribution in [0.25, 0.3) is 0 Å². The van der Waals surface area contributed by atoms with Crippen LogP contribution >= 0.6 is 15.9 Å². The monoisotopic (exact) mass is 1180 g/mol. The molecule has 0 saturated carbocycles. The van der Waals surface area contributed by atoms with E-state index in [1.54, 1.807) is 24.3 Å². The summed E-state index contributed by atoms with van der Waals surface area (Å²) in [5.74, 6) is -1.28. The lowest BCUT2D eigenvalue weighted by Crippen LogP contribution is -2.45. The maximum atomic E-state index is 14.2. The molecule has 0 N–H and O–H groups in total. The van der Waals surface area contributed by atoms with Crippen LogP contribution in [0.2, 0.25) is 0 Å². The van der Waals surface area contributed by atoms with Crippen molar-refractivity contribution in [3.05, 3.63) is 178 Å². The van der Waals surface area contributed by atoms with Gasteiger partial charge in [0.15, 0.2) is 37.7 Å². The molecule has 3 aliphatic heterocycles. The lowest BCUT2D eigenvalue weighted by Gasteiger charge is -2.38. The summed E-state index contributed by atoms with van der Waals surface area (Å²) in [6, 6.07) is 15.4. The first kappa shape index (κ1) is 62.4. The van der Waals surface area contributed by atoms with Crippen molar-refractivity contribution in [2.75, 3.05) is 20.4 Å². The number of halogens is 10. The van der Waals surface area contributed by atoms with Crippen molar-refractivity contribution in [1.82, 2.24) is 0 Å². The molecule has 0 amide bonds. The average molecular weight is 1180 g/mol. The van der Waals surface area contributed by atoms with Crippen LogP contribution in [0.3, 0.4) is 0 Å². The van der Waals surface area contributed by atoms with Gasteiger partial charge in [-0.05, 0) is 176 Å². The molecule has 0 radical (unpaired) electrons. The second-order valence-electron chi connectivity index (χ2n) is 20.8. The summed E-state index contributed by atoms with van der Waals surface area (Å²) < 4.78 is 149. The predicted molar refractivity (Wildman–Crippen MR) is 280 cm³/mol. The van der Waals surface area contributed by atoms with Crippen LogP contribution in [0.4, 0.5) is 39.5 Å². The van der Waals surface area contributed by atoms with Gasteiger partial charge in [0.25, 0.3) is 12.2 Å². The second-order valence-corrected chi connectivity index (χ2v) is 21.8. The summed E-state index contributed by atoms with van der Waals surface area (Å²) in [4.78, 5) is 33.1. The molecular formula is C60H64BrF9O9. The van der Waals surface area contributed by atoms with Crippen molar-refractivity contribution in [1.29, 1.82) is 0 Å². The van der Waals surface area contributed by atoms with E-state index in [9.17, 15) is 53.9 Å². The van der Waals surface area contributed by atoms with Gasteiger partial charge in [0.2, 0.25) is 0 Å². The molecule has 3 saturated heterocycles. The fourth-order valence-electron chi connectivity index (χ4n) is 10.7. The number of benzene rings is 3. The van der Waals surface area contributed by atoms with Crippen LogP contribution < -0.4 is 0 Å². The van der Waals surface area contributed by atoms with Crippen LogP contribution in [0.15, 0.2) is 127 Å². The van der Waals surface area contributed by atoms with Gasteiger partial charge in [0.05, 0.1) is 0 Å². The zero-order chi connectivity index (χ0) is 58.0. The molecule has 3 fully saturated rings. The third kappa shape index (κ3) is 15.6. The van der Waals surface area contributed by atoms with E-state index in [4.69, 9.17) is 28.4 Å². The molecule has 3 aliphatic carbocycles. The van der Waals surface area contributed by atoms with Gasteiger partial charge in [-0.2, -0.15) is 26.3 Å². The van der Waals surface area contributed by atoms with E-state index in [0.29, 0.717) is 72.1 Å². The lowest BCUT2D eigenvalue weighted by molar-refractivity contribution is -0.123. The third-order valence-electron chi connectivity index (χ3n) is 15.3. The number of hydrogen-bond donors (Lipinski definition) is 0. The topological polar surface area (TPSA) is 107 Å². The number of allylic oxidation sites excluding steroid dienone is 6. The van der Waals surface area contributed by atoms with Crippen LogP contribution in [-0.4, -0.2) is 59.4 Å². The Kier molecular flexibility index (Phi) is 21.1. The van der Waals surface area contributed by atoms with Crippen LogP contribution in [0.1, 0.15) is 92.7 Å². The first-order valence-corrected chi connectivity index (χ1v) is 26.5. The molecule has 79 heavy (non-hydrogen) atoms. The third-order valence-corrected chi connectivity index (χ3v) is 15.6. The molecule has 19 heteroatoms. The molecular weight excluding hydrogens is 1120 g/mol. The summed E-state index contributed by atoms with van der Waals surface area (Å²) in [6.45, 7) is 14.3. The maximum Gasteiger partial charge on any atom is 0.319 e. The molecule has 0 spiro atoms. The SMILES string of the molecule is C=CC(F)(F)Br.Cc1ccc(C[C@H](C)[C@]23CCC(=O)C=C2OCO3)c(F)c1.Cc1ccc(C[C@H](C)[C@]23C[C@@H](CC=C(F)F)C(=O)C=C2OCO3)c(F)c1.Cc1ccc(C[C@H](C)[C@]23C[C@H](CC=C(F)F)C(=O)C=C2OCO3)c(F)c1. The van der Waals surface area contributed by atoms with Gasteiger partial charge in [-0.3, -0.25) is 14.4 Å². The number of aryl methyl sites for hydroxylation is 3. The number of ketones is 3. The van der Waals surface area contributed by atoms with Crippen molar-refractivity contribution in [2.45, 2.75) is 121 Å². The van der Waals surface area contributed by atoms with Crippen LogP contribution in [0.5, 0.6) is 0 Å². The van der Waals surface area contributed by atoms with Crippen molar-refractivity contribution >= 4 is 33.3 Å². The highest BCUT2D eigenvalue weighted by molar-refractivity contribution is 9.10. The van der Waals surface area contributed by atoms with E-state index < -0.39 is 45.6 Å². The maximum absolute atomic E-state index is 14.2. The largest absolute Gasteiger partial charge is 0.469 e. The Balaban J connectivity index is 0.000000183. The Labute approximate surface area is 462 Å². The summed E-state index contributed by atoms with van der Waals surface area (Å²) in [5, 5.41) is 0. The fraction of sp³-hybridized carbons (Fsp3) is 0.450. The van der Waals surface area contributed by atoms with Crippen LogP contribution in [0, 0.1) is 67.8 Å². The van der Waals surface area contributed by atoms with Crippen molar-refractivity contribution < 1.29 is 82.3 Å². The second kappa shape index (κ2) is 26.7. The van der Waals surface area contributed by atoms with E-state index in [1.807, 2.05) is 81.7 Å². The van der Waals surface area contributed by atoms with Gasteiger partial charge >= 0.3 is 4.83 Å². The standard InChI is InChI=1S/2C20H21F3O3.C17H19FO3.C3H3BrF2/c2*1-12-3-4-14(16(21)7-12)8-13(2)20-10-15(5-6-19(22)23)17(24)9-18(20)25-11-26-20;1-11-3-4-13(15(18)7-11)8-12(2)17-6-5-14(19)9-16(17)20-10-21-17;1-2-3(4,5)6/h2*3-4,6-7,9,13,15H,5,8,10-11H2,1-2H3;3-4,7,9,12H,5-6,8,10H2,1-2H3;2H,1H2/t13-,15+,20+;13-,15-,20+;12-,17+;/m000./s1. The van der Waals surface area contributed by atoms with Gasteiger partial charge in [0, 0.05) is 36.5 Å². The minimum Gasteiger partial charge on any atom is -0.469 e. The van der Waals surface area contributed by atoms with Gasteiger partial charge in [-0.1, -0.05) is 63.7 Å². The van der Waals surface area contributed by atoms with Crippen molar-refractivity contribution in [3.63, 3.8) is 0 Å². The Morgan fingerprint density at radius 3 is 1.27 bits per heavy atom. The molecule has 8 atom stereocenters. The van der Waals surface area contributed by atoms with E-state index in [2.05, 4.69) is 6.58 Å². The highest BCUT2D eigenvalue weighted by Gasteiger charge is 2.54. The minimum absolute atomic E-state index is 0.000134. The molecule has 9 rings (SSSR count). The zero-order valence-electron chi connectivity index (χ0n) is 44.7. The normalized spacial score (nSPS) is 24.9. The van der Waals surface area contributed by atoms with E-state index >= 15 is 0 Å². The average Bonchev–Trinajstić information content (AvgIpc) is 4.37. The number of carbonyl (C=O) groups is 3. The molecule has 428 valence electrons. The fourth-order valence-corrected chi connectivity index (χ4v) is 10.7. The Morgan fingerprint density at radius 2 is 0.937 bits per heavy atom. The highest BCUT2D eigenvalue weighted by Crippen LogP contribution is 2.49. The summed E-state index contributed by atoms with van der Waals surface area (Å²) >= 11 is 2.03. The number of hydrogen-bond acceptors (Lipinski definition) is 9. The van der Waals surface area contributed by atoms with E-state index in [0.717, 1.165) is 28.8 Å². The smallest absolute Gasteiger partial charge is 0.319 e. The zero-order valence-corrected chi connectivity index (χ0v) is 46.3. The molecule has 9 nitrogen and oxygen atoms in total. The molecule has 3 aromatic carbocycles. The predicted octanol–water partition coefficient (Wildman–Crippen LogP) is 14.9. The van der Waals surface area contributed by atoms with Crippen LogP contribution in [-0.2, 0) is 62.1 Å². The first-order chi connectivity index (χ1) is 37.2. The first-order valence-electron chi connectivity index (χ1n) is 25.8. The van der Waals surface area contributed by atoms with Gasteiger partial charge in [-0.15, -0.1) is 0 Å². The van der Waals surface area contributed by atoms with Gasteiger partial charge in [0.1, 0.15) is 51.5 Å². The van der Waals surface area contributed by atoms with Gasteiger partial charge in [-0.25, -0.2) is 13.2 Å². The summed E-state index contributed by atoms with van der Waals surface area (Å²) in [5.41, 5.74) is 1.99. The number of carbonyl (C=O) groups excluding carboxylic acids is 3. The summed E-state index contributed by atoms with van der Waals surface area (Å²) in [6.07, 6.45) is 5.45. The Bertz CT molecular complexity index is 2760. The minimum atomic E-state index is -2.88. The molecule has 3 aromatic rings. The number of ether oxygens (including phenoxy) is 6. The van der Waals surface area contributed by atoms with Gasteiger partial charge < -0.3 is 28.4 Å². The summed E-state index contributed by atoms with van der Waals surface area (Å²) in [7, 11) is 0. The molecule has 0 unspecified atom stereocenters. The lowest BCUT2D eigenvalue weighted by atomic mass is 9.71. The Hall–Kier alpha value is -5.76. The quantitative estimate of drug-likeness (QED) is 0.0886. The molecule has 6 aliphatic rings. The number of alkyl halides is 3. The van der Waals surface area contributed by atoms with E-state index in [-0.39, 0.29) is 98.6 Å². The molecule has 0 aromatic heterocycles. The number of fused-ring (bicyclic) bond motifs is 3. The number of rotatable bonds is 14. The van der Waals surface area contributed by atoms with E-state index in [1.165, 1.54) is 24.3 Å². The molecule has 3 heterocycles. The van der Waals surface area contributed by atoms with Crippen molar-refractivity contribution in [3.8, 4) is 0 Å². The van der Waals surface area contributed by atoms with Crippen molar-refractivity contribution in [2.24, 2.45) is 29.6 Å². The molecule has 0 bridgehead atoms. The highest BCUT2D eigenvalue weighted by atomic mass is 79.9.